The van der Waals surface area contributed by atoms with E-state index in [9.17, 15) is 22.8 Å². The van der Waals surface area contributed by atoms with Gasteiger partial charge in [-0.15, -0.1) is 21.1 Å². The number of amides is 2. The molecule has 1 heterocycles. The Morgan fingerprint density at radius 3 is 2.47 bits per heavy atom. The lowest BCUT2D eigenvalue weighted by atomic mass is 9.95. The van der Waals surface area contributed by atoms with Crippen LogP contribution in [0.3, 0.4) is 0 Å². The van der Waals surface area contributed by atoms with Gasteiger partial charge in [-0.1, -0.05) is 12.1 Å². The highest BCUT2D eigenvalue weighted by Crippen LogP contribution is 2.36. The number of nitrogens with zero attached hydrogens (tertiary/aromatic N) is 1. The number of hydroxylamine groups is 2. The summed E-state index contributed by atoms with van der Waals surface area (Å²) in [6, 6.07) is 8.13. The molecule has 0 aromatic heterocycles. The van der Waals surface area contributed by atoms with E-state index in [-0.39, 0.29) is 41.3 Å². The number of ether oxygens (including phenoxy) is 2. The molecule has 2 amide bonds. The number of carbonyl (C=O) groups excluding carboxylic acids is 3. The molecule has 2 aromatic carbocycles. The number of benzene rings is 2. The number of hydrogen-bond donors (Lipinski definition) is 0. The number of rotatable bonds is 10. The molecule has 0 saturated carbocycles. The summed E-state index contributed by atoms with van der Waals surface area (Å²) in [5.41, 5.74) is 0.324. The molecule has 3 rings (SSSR count). The first-order valence-electron chi connectivity index (χ1n) is 9.77. The van der Waals surface area contributed by atoms with E-state index in [2.05, 4.69) is 4.28 Å². The van der Waals surface area contributed by atoms with Crippen molar-refractivity contribution in [1.29, 1.82) is 0 Å². The minimum absolute atomic E-state index is 0.0130. The van der Waals surface area contributed by atoms with Gasteiger partial charge < -0.3 is 9.47 Å². The zero-order chi connectivity index (χ0) is 23.5. The molecule has 0 aliphatic carbocycles. The van der Waals surface area contributed by atoms with Crippen molar-refractivity contribution in [3.63, 3.8) is 0 Å². The van der Waals surface area contributed by atoms with Crippen molar-refractivity contribution in [3.05, 3.63) is 41.5 Å². The maximum atomic E-state index is 12.7. The van der Waals surface area contributed by atoms with E-state index >= 15 is 0 Å². The Morgan fingerprint density at radius 2 is 1.81 bits per heavy atom. The monoisotopic (exact) mass is 481 g/mol. The van der Waals surface area contributed by atoms with Crippen LogP contribution in [0.15, 0.2) is 35.2 Å². The van der Waals surface area contributed by atoms with Crippen molar-refractivity contribution < 1.29 is 36.6 Å². The number of esters is 1. The van der Waals surface area contributed by atoms with Crippen LogP contribution < -0.4 is 0 Å². The third-order valence-electron chi connectivity index (χ3n) is 4.79. The van der Waals surface area contributed by atoms with Gasteiger partial charge in [-0.2, -0.15) is 8.42 Å². The normalized spacial score (nSPS) is 14.7. The Hall–Kier alpha value is -2.47. The minimum atomic E-state index is -4.07. The van der Waals surface area contributed by atoms with Gasteiger partial charge in [-0.25, -0.2) is 0 Å². The molecule has 0 spiro atoms. The molecule has 32 heavy (non-hydrogen) atoms. The van der Waals surface area contributed by atoms with Crippen molar-refractivity contribution in [3.8, 4) is 0 Å². The molecule has 0 fully saturated rings. The van der Waals surface area contributed by atoms with Crippen molar-refractivity contribution in [2.45, 2.75) is 30.8 Å². The quantitative estimate of drug-likeness (QED) is 0.287. The number of methoxy groups -OCH3 is 1. The molecule has 11 heteroatoms. The van der Waals surface area contributed by atoms with Gasteiger partial charge in [0.05, 0.1) is 36.5 Å². The average molecular weight is 482 g/mol. The summed E-state index contributed by atoms with van der Waals surface area (Å²) in [6.45, 7) is 2.18. The third-order valence-corrected chi connectivity index (χ3v) is 6.29. The van der Waals surface area contributed by atoms with Gasteiger partial charge in [0.1, 0.15) is 0 Å². The lowest BCUT2D eigenvalue weighted by molar-refractivity contribution is -0.143. The van der Waals surface area contributed by atoms with Crippen LogP contribution >= 0.6 is 11.8 Å². The van der Waals surface area contributed by atoms with Crippen molar-refractivity contribution in [1.82, 2.24) is 5.06 Å². The molecule has 9 nitrogen and oxygen atoms in total. The second-order valence-electron chi connectivity index (χ2n) is 7.18. The molecule has 0 saturated heterocycles. The maximum absolute atomic E-state index is 12.7. The molecule has 1 aliphatic heterocycles. The van der Waals surface area contributed by atoms with Crippen LogP contribution in [0.1, 0.15) is 40.5 Å². The van der Waals surface area contributed by atoms with E-state index in [1.54, 1.807) is 25.3 Å². The van der Waals surface area contributed by atoms with Gasteiger partial charge in [-0.05, 0) is 30.5 Å². The molecular weight excluding hydrogens is 458 g/mol. The van der Waals surface area contributed by atoms with E-state index in [1.807, 2.05) is 6.92 Å². The second kappa shape index (κ2) is 9.99. The van der Waals surface area contributed by atoms with E-state index in [0.29, 0.717) is 22.9 Å². The number of hydrogen-bond acceptors (Lipinski definition) is 9. The standard InChI is InChI=1S/C21H23NO8S2/c1-13(28-2)9-11-29-18(23)10-12-31-17-8-7-16-19-14(17)5-4-6-15(19)20(24)22(21(16)25)30-32(3,26)27/h4-8,13H,9-12H2,1-3H3. The molecule has 1 aliphatic rings. The Labute approximate surface area is 190 Å². The van der Waals surface area contributed by atoms with Gasteiger partial charge in [0.15, 0.2) is 0 Å². The third kappa shape index (κ3) is 5.47. The SMILES string of the molecule is COC(C)CCOC(=O)CCSc1ccc2c3c(cccc13)C(=O)N(OS(C)(=O)=O)C2=O. The summed E-state index contributed by atoms with van der Waals surface area (Å²) >= 11 is 1.40. The molecular formula is C21H23NO8S2. The molecule has 1 unspecified atom stereocenters. The topological polar surface area (TPSA) is 116 Å². The van der Waals surface area contributed by atoms with Crippen LogP contribution in [-0.4, -0.2) is 63.1 Å². The van der Waals surface area contributed by atoms with Crippen LogP contribution in [0, 0.1) is 0 Å². The summed E-state index contributed by atoms with van der Waals surface area (Å²) in [5, 5.41) is 1.35. The Kier molecular flexibility index (Phi) is 7.55. The first-order chi connectivity index (χ1) is 15.1. The summed E-state index contributed by atoms with van der Waals surface area (Å²) in [6.07, 6.45) is 1.58. The molecule has 0 N–H and O–H groups in total. The van der Waals surface area contributed by atoms with Crippen molar-refractivity contribution in [2.24, 2.45) is 0 Å². The first kappa shape index (κ1) is 24.2. The predicted octanol–water partition coefficient (Wildman–Crippen LogP) is 2.78. The highest BCUT2D eigenvalue weighted by molar-refractivity contribution is 7.99. The van der Waals surface area contributed by atoms with Crippen LogP contribution in [0.5, 0.6) is 0 Å². The molecule has 0 radical (unpaired) electrons. The number of imide groups is 1. The summed E-state index contributed by atoms with van der Waals surface area (Å²) in [4.78, 5) is 38.1. The largest absolute Gasteiger partial charge is 0.466 e. The Balaban J connectivity index is 1.75. The van der Waals surface area contributed by atoms with Crippen LogP contribution in [0.2, 0.25) is 0 Å². The van der Waals surface area contributed by atoms with E-state index in [0.717, 1.165) is 11.2 Å². The lowest BCUT2D eigenvalue weighted by Gasteiger charge is -2.25. The first-order valence-corrected chi connectivity index (χ1v) is 12.6. The van der Waals surface area contributed by atoms with Crippen molar-refractivity contribution in [2.75, 3.05) is 25.7 Å². The average Bonchev–Trinajstić information content (AvgIpc) is 2.74. The van der Waals surface area contributed by atoms with Crippen LogP contribution in [-0.2, 0) is 28.7 Å². The van der Waals surface area contributed by atoms with Crippen LogP contribution in [0.25, 0.3) is 10.8 Å². The van der Waals surface area contributed by atoms with E-state index in [4.69, 9.17) is 9.47 Å². The number of thioether (sulfide) groups is 1. The fraction of sp³-hybridized carbons (Fsp3) is 0.381. The fourth-order valence-electron chi connectivity index (χ4n) is 3.15. The zero-order valence-corrected chi connectivity index (χ0v) is 19.5. The van der Waals surface area contributed by atoms with Gasteiger partial charge in [0.25, 0.3) is 21.9 Å². The minimum Gasteiger partial charge on any atom is -0.466 e. The number of carbonyl (C=O) groups is 3. The van der Waals surface area contributed by atoms with Gasteiger partial charge >= 0.3 is 5.97 Å². The summed E-state index contributed by atoms with van der Waals surface area (Å²) < 4.78 is 37.9. The summed E-state index contributed by atoms with van der Waals surface area (Å²) in [5.74, 6) is -1.57. The highest BCUT2D eigenvalue weighted by atomic mass is 32.2. The molecule has 172 valence electrons. The van der Waals surface area contributed by atoms with E-state index < -0.39 is 21.9 Å². The lowest BCUT2D eigenvalue weighted by Crippen LogP contribution is -2.41. The zero-order valence-electron chi connectivity index (χ0n) is 17.8. The van der Waals surface area contributed by atoms with E-state index in [1.165, 1.54) is 23.9 Å². The Bertz CT molecular complexity index is 1140. The maximum Gasteiger partial charge on any atom is 0.306 e. The molecule has 1 atom stereocenters. The van der Waals surface area contributed by atoms with Gasteiger partial charge in [0.2, 0.25) is 0 Å². The Morgan fingerprint density at radius 1 is 1.12 bits per heavy atom. The van der Waals surface area contributed by atoms with Gasteiger partial charge in [-0.3, -0.25) is 14.4 Å². The molecule has 0 bridgehead atoms. The smallest absolute Gasteiger partial charge is 0.306 e. The summed E-state index contributed by atoms with van der Waals surface area (Å²) in [7, 11) is -2.48. The second-order valence-corrected chi connectivity index (χ2v) is 9.87. The van der Waals surface area contributed by atoms with Crippen LogP contribution in [0.4, 0.5) is 0 Å². The fourth-order valence-corrected chi connectivity index (χ4v) is 4.53. The predicted molar refractivity (Wildman–Crippen MR) is 118 cm³/mol. The molecule has 2 aromatic rings. The highest BCUT2D eigenvalue weighted by Gasteiger charge is 2.36. The van der Waals surface area contributed by atoms with Crippen molar-refractivity contribution >= 4 is 50.4 Å². The van der Waals surface area contributed by atoms with Gasteiger partial charge in [0, 0.05) is 29.6 Å².